The number of benzene rings is 4. The van der Waals surface area contributed by atoms with Crippen molar-refractivity contribution in [2.24, 2.45) is 0 Å². The molecule has 0 aliphatic heterocycles. The molecular formula is C32H19N5S. The van der Waals surface area contributed by atoms with Gasteiger partial charge >= 0.3 is 0 Å². The molecule has 0 saturated heterocycles. The van der Waals surface area contributed by atoms with E-state index in [1.54, 1.807) is 6.33 Å². The first-order valence-electron chi connectivity index (χ1n) is 12.4. The Morgan fingerprint density at radius 1 is 0.553 bits per heavy atom. The van der Waals surface area contributed by atoms with Gasteiger partial charge in [-0.25, -0.2) is 15.0 Å². The second-order valence-corrected chi connectivity index (χ2v) is 10.3. The number of nitrogens with zero attached hydrogens (tertiary/aromatic N) is 5. The van der Waals surface area contributed by atoms with Crippen molar-refractivity contribution in [3.8, 4) is 28.5 Å². The molecule has 5 nitrogen and oxygen atoms in total. The largest absolute Gasteiger partial charge is 0.308 e. The maximum atomic E-state index is 4.79. The third-order valence-corrected chi connectivity index (χ3v) is 8.14. The lowest BCUT2D eigenvalue weighted by Crippen LogP contribution is -1.97. The highest BCUT2D eigenvalue weighted by Crippen LogP contribution is 2.40. The Morgan fingerprint density at radius 3 is 2.16 bits per heavy atom. The molecule has 8 rings (SSSR count). The molecule has 8 aromatic rings. The van der Waals surface area contributed by atoms with Crippen LogP contribution in [0.4, 0.5) is 0 Å². The lowest BCUT2D eigenvalue weighted by molar-refractivity contribution is 1.06. The molecule has 0 amide bonds. The summed E-state index contributed by atoms with van der Waals surface area (Å²) in [6.45, 7) is 0. The van der Waals surface area contributed by atoms with Gasteiger partial charge in [0, 0.05) is 48.6 Å². The molecule has 6 heteroatoms. The predicted octanol–water partition coefficient (Wildman–Crippen LogP) is 8.07. The molecule has 38 heavy (non-hydrogen) atoms. The van der Waals surface area contributed by atoms with E-state index in [0.717, 1.165) is 38.8 Å². The molecule has 4 heterocycles. The third-order valence-electron chi connectivity index (χ3n) is 7.01. The van der Waals surface area contributed by atoms with E-state index >= 15 is 0 Å². The van der Waals surface area contributed by atoms with E-state index in [4.69, 9.17) is 9.97 Å². The fourth-order valence-corrected chi connectivity index (χ4v) is 6.37. The SMILES string of the molecule is c1ccc(-c2ncnc(-c3ccc(-n4c5cc6sc7ccccc7c6cc5c5ncccc54)cc3)n2)cc1. The van der Waals surface area contributed by atoms with Gasteiger partial charge in [-0.3, -0.25) is 4.98 Å². The summed E-state index contributed by atoms with van der Waals surface area (Å²) < 4.78 is 4.88. The number of pyridine rings is 1. The minimum absolute atomic E-state index is 0.654. The topological polar surface area (TPSA) is 56.5 Å². The highest BCUT2D eigenvalue weighted by Gasteiger charge is 2.16. The van der Waals surface area contributed by atoms with Crippen LogP contribution in [0.5, 0.6) is 0 Å². The maximum Gasteiger partial charge on any atom is 0.163 e. The standard InChI is InChI=1S/C32H19N5S/c1-2-7-20(8-3-1)31-34-19-35-32(36-31)21-12-14-22(15-13-21)37-26-10-6-16-33-30(26)25-17-24-23-9-4-5-11-28(23)38-29(24)18-27(25)37/h1-19H. The summed E-state index contributed by atoms with van der Waals surface area (Å²) in [5.41, 5.74) is 6.23. The summed E-state index contributed by atoms with van der Waals surface area (Å²) in [4.78, 5) is 18.3. The van der Waals surface area contributed by atoms with E-state index in [9.17, 15) is 0 Å². The van der Waals surface area contributed by atoms with Crippen LogP contribution in [0.2, 0.25) is 0 Å². The summed E-state index contributed by atoms with van der Waals surface area (Å²) in [6.07, 6.45) is 3.45. The first kappa shape index (κ1) is 21.2. The van der Waals surface area contributed by atoms with Gasteiger partial charge < -0.3 is 4.57 Å². The van der Waals surface area contributed by atoms with Crippen LogP contribution in [0.15, 0.2) is 116 Å². The molecule has 0 unspecified atom stereocenters. The van der Waals surface area contributed by atoms with Gasteiger partial charge in [0.15, 0.2) is 11.6 Å². The molecule has 178 valence electrons. The lowest BCUT2D eigenvalue weighted by atomic mass is 10.1. The van der Waals surface area contributed by atoms with Crippen molar-refractivity contribution in [3.05, 3.63) is 116 Å². The first-order chi connectivity index (χ1) is 18.8. The van der Waals surface area contributed by atoms with Gasteiger partial charge in [-0.2, -0.15) is 0 Å². The summed E-state index contributed by atoms with van der Waals surface area (Å²) in [5.74, 6) is 1.32. The number of hydrogen-bond donors (Lipinski definition) is 0. The van der Waals surface area contributed by atoms with E-state index < -0.39 is 0 Å². The van der Waals surface area contributed by atoms with E-state index in [2.05, 4.69) is 81.3 Å². The Bertz CT molecular complexity index is 2130. The molecule has 0 saturated carbocycles. The highest BCUT2D eigenvalue weighted by molar-refractivity contribution is 7.25. The number of rotatable bonds is 3. The highest BCUT2D eigenvalue weighted by atomic mass is 32.1. The third kappa shape index (κ3) is 3.24. The zero-order valence-corrected chi connectivity index (χ0v) is 20.9. The molecule has 0 N–H and O–H groups in total. The first-order valence-corrected chi connectivity index (χ1v) is 13.2. The Morgan fingerprint density at radius 2 is 1.32 bits per heavy atom. The van der Waals surface area contributed by atoms with Crippen LogP contribution < -0.4 is 0 Å². The molecule has 4 aromatic carbocycles. The Hall–Kier alpha value is -4.94. The van der Waals surface area contributed by atoms with Crippen LogP contribution in [-0.4, -0.2) is 24.5 Å². The minimum atomic E-state index is 0.654. The maximum absolute atomic E-state index is 4.79. The minimum Gasteiger partial charge on any atom is -0.308 e. The average molecular weight is 506 g/mol. The van der Waals surface area contributed by atoms with Crippen LogP contribution in [0.25, 0.3) is 70.6 Å². The van der Waals surface area contributed by atoms with Crippen molar-refractivity contribution in [2.75, 3.05) is 0 Å². The molecule has 0 aliphatic rings. The zero-order valence-electron chi connectivity index (χ0n) is 20.1. The van der Waals surface area contributed by atoms with Crippen molar-refractivity contribution in [1.29, 1.82) is 0 Å². The van der Waals surface area contributed by atoms with Gasteiger partial charge in [0.25, 0.3) is 0 Å². The number of thiophene rings is 1. The van der Waals surface area contributed by atoms with Gasteiger partial charge in [0.1, 0.15) is 6.33 Å². The van der Waals surface area contributed by atoms with Crippen LogP contribution in [-0.2, 0) is 0 Å². The fraction of sp³-hybridized carbons (Fsp3) is 0. The molecule has 0 radical (unpaired) electrons. The van der Waals surface area contributed by atoms with Crippen molar-refractivity contribution >= 4 is 53.4 Å². The molecule has 0 atom stereocenters. The second kappa shape index (κ2) is 8.30. The van der Waals surface area contributed by atoms with Crippen LogP contribution in [0.1, 0.15) is 0 Å². The Labute approximate surface area is 221 Å². The number of aromatic nitrogens is 5. The molecule has 0 aliphatic carbocycles. The quantitative estimate of drug-likeness (QED) is 0.244. The lowest BCUT2D eigenvalue weighted by Gasteiger charge is -2.09. The fourth-order valence-electron chi connectivity index (χ4n) is 5.25. The molecular weight excluding hydrogens is 486 g/mol. The van der Waals surface area contributed by atoms with Gasteiger partial charge in [-0.1, -0.05) is 48.5 Å². The van der Waals surface area contributed by atoms with Gasteiger partial charge in [-0.05, 0) is 54.6 Å². The van der Waals surface area contributed by atoms with E-state index in [0.29, 0.717) is 11.6 Å². The summed E-state index contributed by atoms with van der Waals surface area (Å²) in [6, 6.07) is 35.7. The van der Waals surface area contributed by atoms with Gasteiger partial charge in [0.05, 0.1) is 16.6 Å². The predicted molar refractivity (Wildman–Crippen MR) is 156 cm³/mol. The Balaban J connectivity index is 1.29. The normalized spacial score (nSPS) is 11.7. The van der Waals surface area contributed by atoms with Gasteiger partial charge in [-0.15, -0.1) is 11.3 Å². The number of fused-ring (bicyclic) bond motifs is 6. The summed E-state index contributed by atoms with van der Waals surface area (Å²) in [7, 11) is 0. The van der Waals surface area contributed by atoms with Crippen LogP contribution in [0.3, 0.4) is 0 Å². The molecule has 0 spiro atoms. The summed E-state index contributed by atoms with van der Waals surface area (Å²) in [5, 5.41) is 3.73. The second-order valence-electron chi connectivity index (χ2n) is 9.22. The Kier molecular flexibility index (Phi) is 4.62. The van der Waals surface area contributed by atoms with Crippen molar-refractivity contribution < 1.29 is 0 Å². The van der Waals surface area contributed by atoms with E-state index in [-0.39, 0.29) is 0 Å². The molecule has 0 bridgehead atoms. The molecule has 0 fully saturated rings. The zero-order chi connectivity index (χ0) is 25.1. The van der Waals surface area contributed by atoms with Crippen LogP contribution >= 0.6 is 11.3 Å². The average Bonchev–Trinajstić information content (AvgIpc) is 3.51. The summed E-state index contributed by atoms with van der Waals surface area (Å²) >= 11 is 1.83. The van der Waals surface area contributed by atoms with Crippen LogP contribution in [0, 0.1) is 0 Å². The van der Waals surface area contributed by atoms with Gasteiger partial charge in [0.2, 0.25) is 0 Å². The van der Waals surface area contributed by atoms with E-state index in [1.807, 2.05) is 53.9 Å². The smallest absolute Gasteiger partial charge is 0.163 e. The monoisotopic (exact) mass is 505 g/mol. The van der Waals surface area contributed by atoms with Crippen molar-refractivity contribution in [2.45, 2.75) is 0 Å². The van der Waals surface area contributed by atoms with Crippen molar-refractivity contribution in [3.63, 3.8) is 0 Å². The van der Waals surface area contributed by atoms with E-state index in [1.165, 1.54) is 20.2 Å². The van der Waals surface area contributed by atoms with Crippen molar-refractivity contribution in [1.82, 2.24) is 24.5 Å². The number of hydrogen-bond acceptors (Lipinski definition) is 5. The molecule has 4 aromatic heterocycles.